The van der Waals surface area contributed by atoms with E-state index in [0.717, 1.165) is 0 Å². The normalized spacial score (nSPS) is 10.5. The van der Waals surface area contributed by atoms with Gasteiger partial charge in [-0.05, 0) is 20.7 Å². The molecule has 0 aromatic heterocycles. The monoisotopic (exact) mass is 390 g/mol. The number of benzene rings is 4. The molecule has 0 aliphatic rings. The Hall–Kier alpha value is -3.13. The first-order chi connectivity index (χ1) is 13.9. The number of rotatable bonds is 4. The minimum atomic E-state index is -1.58. The van der Waals surface area contributed by atoms with E-state index in [1.54, 1.807) is 0 Å². The van der Waals surface area contributed by atoms with Crippen LogP contribution in [0.1, 0.15) is 0 Å². The first-order valence-corrected chi connectivity index (χ1v) is 13.1. The largest absolute Gasteiger partial charge is 0.182 e. The summed E-state index contributed by atoms with van der Waals surface area (Å²) in [6.45, 7) is 0. The molecule has 0 radical (unpaired) electrons. The maximum Gasteiger partial charge on any atom is 0.182 e. The fourth-order valence-corrected chi connectivity index (χ4v) is 8.67. The van der Waals surface area contributed by atoms with Gasteiger partial charge in [-0.15, -0.1) is 11.1 Å². The fraction of sp³-hybridized carbons (Fsp3) is 0. The molecule has 0 fully saturated rings. The maximum absolute atomic E-state index is 3.80. The molecule has 0 bridgehead atoms. The number of hydrogen-bond acceptors (Lipinski definition) is 0. The van der Waals surface area contributed by atoms with Crippen molar-refractivity contribution in [1.29, 1.82) is 0 Å². The van der Waals surface area contributed by atoms with Crippen LogP contribution in [-0.2, 0) is 0 Å². The van der Waals surface area contributed by atoms with Gasteiger partial charge in [0, 0.05) is 0 Å². The lowest BCUT2D eigenvalue weighted by Crippen LogP contribution is -2.44. The molecule has 0 saturated heterocycles. The molecule has 0 amide bonds. The summed E-state index contributed by atoms with van der Waals surface area (Å²) in [5.41, 5.74) is 7.60. The van der Waals surface area contributed by atoms with Crippen molar-refractivity contribution < 1.29 is 0 Å². The SMILES string of the molecule is C(#C[SiH](c1ccccc1)c1ccccc1)[SiH](c1ccccc1)c1ccccc1. The van der Waals surface area contributed by atoms with Crippen LogP contribution in [0.15, 0.2) is 121 Å². The molecule has 0 heterocycles. The molecule has 4 aromatic carbocycles. The zero-order valence-electron chi connectivity index (χ0n) is 15.7. The molecule has 0 atom stereocenters. The Labute approximate surface area is 170 Å². The molecule has 0 aliphatic heterocycles. The molecule has 0 spiro atoms. The van der Waals surface area contributed by atoms with Gasteiger partial charge in [0.15, 0.2) is 17.6 Å². The van der Waals surface area contributed by atoms with Crippen molar-refractivity contribution in [3.05, 3.63) is 121 Å². The first-order valence-electron chi connectivity index (χ1n) is 9.62. The molecule has 0 N–H and O–H groups in total. The fourth-order valence-electron chi connectivity index (χ4n) is 3.47. The minimum Gasteiger partial charge on any atom is -0.130 e. The summed E-state index contributed by atoms with van der Waals surface area (Å²) in [6, 6.07) is 43.2. The lowest BCUT2D eigenvalue weighted by atomic mass is 10.4. The van der Waals surface area contributed by atoms with Crippen molar-refractivity contribution in [2.45, 2.75) is 0 Å². The number of hydrogen-bond donors (Lipinski definition) is 0. The van der Waals surface area contributed by atoms with E-state index in [1.807, 2.05) is 0 Å². The molecule has 134 valence electrons. The van der Waals surface area contributed by atoms with Crippen LogP contribution in [0.4, 0.5) is 0 Å². The predicted molar refractivity (Wildman–Crippen MR) is 126 cm³/mol. The quantitative estimate of drug-likeness (QED) is 0.370. The van der Waals surface area contributed by atoms with Crippen LogP contribution >= 0.6 is 0 Å². The van der Waals surface area contributed by atoms with Crippen LogP contribution in [0.5, 0.6) is 0 Å². The molecule has 0 nitrogen and oxygen atoms in total. The zero-order chi connectivity index (χ0) is 19.0. The van der Waals surface area contributed by atoms with Crippen molar-refractivity contribution in [3.63, 3.8) is 0 Å². The van der Waals surface area contributed by atoms with Gasteiger partial charge in [-0.3, -0.25) is 0 Å². The Kier molecular flexibility index (Phi) is 5.99. The van der Waals surface area contributed by atoms with Gasteiger partial charge in [-0.25, -0.2) is 0 Å². The molecule has 28 heavy (non-hydrogen) atoms. The third-order valence-corrected chi connectivity index (χ3v) is 10.4. The van der Waals surface area contributed by atoms with Crippen LogP contribution < -0.4 is 20.7 Å². The Bertz CT molecular complexity index is 884. The highest BCUT2D eigenvalue weighted by Crippen LogP contribution is 1.95. The third kappa shape index (κ3) is 4.40. The van der Waals surface area contributed by atoms with Gasteiger partial charge in [0.05, 0.1) is 0 Å². The predicted octanol–water partition coefficient (Wildman–Crippen LogP) is 2.15. The van der Waals surface area contributed by atoms with Crippen LogP contribution in [0, 0.1) is 11.1 Å². The van der Waals surface area contributed by atoms with E-state index in [1.165, 1.54) is 20.7 Å². The molecule has 0 aliphatic carbocycles. The Morgan fingerprint density at radius 1 is 0.321 bits per heavy atom. The highest BCUT2D eigenvalue weighted by Gasteiger charge is 2.16. The van der Waals surface area contributed by atoms with Gasteiger partial charge in [0.1, 0.15) is 0 Å². The average Bonchev–Trinajstić information content (AvgIpc) is 2.79. The second-order valence-corrected chi connectivity index (χ2v) is 11.8. The third-order valence-electron chi connectivity index (χ3n) is 4.90. The molecule has 0 saturated carbocycles. The van der Waals surface area contributed by atoms with Crippen LogP contribution in [0.25, 0.3) is 0 Å². The van der Waals surface area contributed by atoms with E-state index in [0.29, 0.717) is 0 Å². The highest BCUT2D eigenvalue weighted by molar-refractivity contribution is 6.96. The second kappa shape index (κ2) is 9.19. The van der Waals surface area contributed by atoms with E-state index < -0.39 is 17.6 Å². The van der Waals surface area contributed by atoms with Crippen molar-refractivity contribution in [2.75, 3.05) is 0 Å². The maximum atomic E-state index is 3.80. The van der Waals surface area contributed by atoms with Gasteiger partial charge < -0.3 is 0 Å². The van der Waals surface area contributed by atoms with E-state index in [4.69, 9.17) is 0 Å². The summed E-state index contributed by atoms with van der Waals surface area (Å²) in [7, 11) is -3.16. The smallest absolute Gasteiger partial charge is 0.130 e. The summed E-state index contributed by atoms with van der Waals surface area (Å²) in [5, 5.41) is 5.54. The Balaban J connectivity index is 1.78. The Morgan fingerprint density at radius 3 is 0.750 bits per heavy atom. The molecule has 4 rings (SSSR count). The minimum absolute atomic E-state index is 1.38. The van der Waals surface area contributed by atoms with E-state index >= 15 is 0 Å². The van der Waals surface area contributed by atoms with Gasteiger partial charge in [0.25, 0.3) is 0 Å². The molecule has 0 unspecified atom stereocenters. The van der Waals surface area contributed by atoms with E-state index in [-0.39, 0.29) is 0 Å². The van der Waals surface area contributed by atoms with Crippen LogP contribution in [0.3, 0.4) is 0 Å². The molecular formula is C26H22Si2. The Morgan fingerprint density at radius 2 is 0.536 bits per heavy atom. The highest BCUT2D eigenvalue weighted by atomic mass is 28.3. The summed E-state index contributed by atoms with van der Waals surface area (Å²) in [4.78, 5) is 0. The average molecular weight is 391 g/mol. The van der Waals surface area contributed by atoms with E-state index in [2.05, 4.69) is 132 Å². The van der Waals surface area contributed by atoms with Gasteiger partial charge in [-0.2, -0.15) is 0 Å². The lowest BCUT2D eigenvalue weighted by molar-refractivity contribution is 1.73. The zero-order valence-corrected chi connectivity index (χ0v) is 18.0. The molecule has 4 aromatic rings. The lowest BCUT2D eigenvalue weighted by Gasteiger charge is -2.13. The molecular weight excluding hydrogens is 368 g/mol. The van der Waals surface area contributed by atoms with Gasteiger partial charge in [0.2, 0.25) is 0 Å². The summed E-state index contributed by atoms with van der Waals surface area (Å²) >= 11 is 0. The summed E-state index contributed by atoms with van der Waals surface area (Å²) < 4.78 is 0. The first kappa shape index (κ1) is 18.2. The van der Waals surface area contributed by atoms with Gasteiger partial charge in [-0.1, -0.05) is 121 Å². The van der Waals surface area contributed by atoms with Gasteiger partial charge >= 0.3 is 0 Å². The topological polar surface area (TPSA) is 0 Å². The standard InChI is InChI=1S/C26H22Si2/c1-5-13-23(14-6-1)27(24-15-7-2-8-16-24)21-22-28(25-17-9-3-10-18-25)26-19-11-4-12-20-26/h1-20,27-28H. The van der Waals surface area contributed by atoms with Crippen molar-refractivity contribution in [1.82, 2.24) is 0 Å². The molecule has 2 heteroatoms. The van der Waals surface area contributed by atoms with Crippen molar-refractivity contribution in [3.8, 4) is 11.1 Å². The van der Waals surface area contributed by atoms with Crippen molar-refractivity contribution >= 4 is 38.3 Å². The van der Waals surface area contributed by atoms with E-state index in [9.17, 15) is 0 Å². The van der Waals surface area contributed by atoms with Crippen LogP contribution in [-0.4, -0.2) is 17.6 Å². The summed E-state index contributed by atoms with van der Waals surface area (Å²) in [6.07, 6.45) is 0. The van der Waals surface area contributed by atoms with Crippen LogP contribution in [0.2, 0.25) is 0 Å². The summed E-state index contributed by atoms with van der Waals surface area (Å²) in [5.74, 6) is 0. The second-order valence-electron chi connectivity index (χ2n) is 6.80. The van der Waals surface area contributed by atoms with Crippen molar-refractivity contribution in [2.24, 2.45) is 0 Å².